The summed E-state index contributed by atoms with van der Waals surface area (Å²) in [5, 5.41) is 0. The van der Waals surface area contributed by atoms with Crippen LogP contribution < -0.4 is 11.2 Å². The third-order valence-corrected chi connectivity index (χ3v) is 5.14. The Morgan fingerprint density at radius 2 is 1.72 bits per heavy atom. The molecule has 1 atom stereocenters. The summed E-state index contributed by atoms with van der Waals surface area (Å²) in [5.41, 5.74) is 2.46. The molecule has 3 aromatic rings. The normalized spacial score (nSPS) is 13.4. The van der Waals surface area contributed by atoms with Crippen LogP contribution in [0.5, 0.6) is 0 Å². The molecule has 0 bridgehead atoms. The number of hydrogen-bond donors (Lipinski definition) is 0. The maximum atomic E-state index is 13.1. The second-order valence-electron chi connectivity index (χ2n) is 7.37. The highest BCUT2D eigenvalue weighted by Gasteiger charge is 2.24. The zero-order valence-electron chi connectivity index (χ0n) is 16.1. The molecule has 0 radical (unpaired) electrons. The van der Waals surface area contributed by atoms with Crippen LogP contribution in [0.15, 0.2) is 9.59 Å². The average molecular weight is 345 g/mol. The first-order chi connectivity index (χ1) is 11.7. The van der Waals surface area contributed by atoms with E-state index in [0.29, 0.717) is 17.7 Å². The van der Waals surface area contributed by atoms with Gasteiger partial charge in [0.05, 0.1) is 0 Å². The molecule has 7 nitrogen and oxygen atoms in total. The molecule has 0 spiro atoms. The van der Waals surface area contributed by atoms with E-state index in [0.717, 1.165) is 23.6 Å². The molecule has 0 aromatic carbocycles. The molecular weight excluding hydrogens is 318 g/mol. The van der Waals surface area contributed by atoms with Gasteiger partial charge in [-0.2, -0.15) is 4.98 Å². The molecule has 0 N–H and O–H groups in total. The van der Waals surface area contributed by atoms with Crippen molar-refractivity contribution in [2.45, 2.75) is 60.5 Å². The van der Waals surface area contributed by atoms with Gasteiger partial charge in [0.15, 0.2) is 11.2 Å². The predicted octanol–water partition coefficient (Wildman–Crippen LogP) is 2.39. The highest BCUT2D eigenvalue weighted by molar-refractivity contribution is 5.76. The van der Waals surface area contributed by atoms with Crippen molar-refractivity contribution >= 4 is 16.9 Å². The van der Waals surface area contributed by atoms with Crippen LogP contribution >= 0.6 is 0 Å². The zero-order chi connectivity index (χ0) is 18.6. The van der Waals surface area contributed by atoms with Crippen molar-refractivity contribution in [3.05, 3.63) is 32.2 Å². The highest BCUT2D eigenvalue weighted by atomic mass is 16.2. The van der Waals surface area contributed by atoms with Crippen LogP contribution in [-0.2, 0) is 13.6 Å². The summed E-state index contributed by atoms with van der Waals surface area (Å²) in [7, 11) is 1.68. The molecule has 0 aliphatic rings. The van der Waals surface area contributed by atoms with E-state index >= 15 is 0 Å². The molecule has 0 amide bonds. The first-order valence-electron chi connectivity index (χ1n) is 8.90. The van der Waals surface area contributed by atoms with Gasteiger partial charge in [-0.25, -0.2) is 4.79 Å². The number of imidazole rings is 2. The average Bonchev–Trinajstić information content (AvgIpc) is 3.05. The van der Waals surface area contributed by atoms with E-state index in [1.807, 2.05) is 25.2 Å². The lowest BCUT2D eigenvalue weighted by atomic mass is 10.2. The Kier molecular flexibility index (Phi) is 4.13. The molecular formula is C18H27N5O2. The van der Waals surface area contributed by atoms with E-state index < -0.39 is 0 Å². The van der Waals surface area contributed by atoms with Gasteiger partial charge < -0.3 is 4.57 Å². The van der Waals surface area contributed by atoms with Gasteiger partial charge in [-0.3, -0.25) is 18.3 Å². The van der Waals surface area contributed by atoms with Crippen LogP contribution in [-0.4, -0.2) is 23.1 Å². The maximum Gasteiger partial charge on any atom is 0.332 e. The minimum Gasteiger partial charge on any atom is -0.311 e. The largest absolute Gasteiger partial charge is 0.332 e. The SMILES string of the molecule is CC[C@@H](C)n1c(C)c(C)n2c3c(=O)n(CC(C)C)c(=O)n(C)c3nc12. The van der Waals surface area contributed by atoms with Gasteiger partial charge in [0.1, 0.15) is 0 Å². The lowest BCUT2D eigenvalue weighted by Crippen LogP contribution is -2.40. The van der Waals surface area contributed by atoms with Crippen LogP contribution in [0, 0.1) is 19.8 Å². The van der Waals surface area contributed by atoms with E-state index in [1.54, 1.807) is 7.05 Å². The third kappa shape index (κ3) is 2.36. The van der Waals surface area contributed by atoms with E-state index in [1.165, 1.54) is 9.13 Å². The van der Waals surface area contributed by atoms with Gasteiger partial charge in [-0.05, 0) is 33.1 Å². The number of aryl methyl sites for hydroxylation is 2. The van der Waals surface area contributed by atoms with Crippen LogP contribution in [0.3, 0.4) is 0 Å². The van der Waals surface area contributed by atoms with Crippen LogP contribution in [0.2, 0.25) is 0 Å². The fourth-order valence-corrected chi connectivity index (χ4v) is 3.51. The first-order valence-corrected chi connectivity index (χ1v) is 8.90. The molecule has 0 aliphatic carbocycles. The molecule has 3 rings (SSSR count). The number of aromatic nitrogens is 5. The Labute approximate surface area is 146 Å². The molecule has 3 heterocycles. The van der Waals surface area contributed by atoms with Crippen LogP contribution in [0.4, 0.5) is 0 Å². The molecule has 0 saturated heterocycles. The summed E-state index contributed by atoms with van der Waals surface area (Å²) in [6.45, 7) is 12.7. The molecule has 0 fully saturated rings. The van der Waals surface area contributed by atoms with Crippen molar-refractivity contribution in [3.8, 4) is 0 Å². The summed E-state index contributed by atoms with van der Waals surface area (Å²) in [6.07, 6.45) is 0.963. The number of rotatable bonds is 4. The highest BCUT2D eigenvalue weighted by Crippen LogP contribution is 2.25. The van der Waals surface area contributed by atoms with E-state index in [-0.39, 0.29) is 23.2 Å². The maximum absolute atomic E-state index is 13.1. The van der Waals surface area contributed by atoms with Crippen molar-refractivity contribution in [1.29, 1.82) is 0 Å². The summed E-state index contributed by atoms with van der Waals surface area (Å²) >= 11 is 0. The van der Waals surface area contributed by atoms with E-state index in [9.17, 15) is 9.59 Å². The molecule has 0 unspecified atom stereocenters. The van der Waals surface area contributed by atoms with Crippen molar-refractivity contribution < 1.29 is 0 Å². The summed E-state index contributed by atoms with van der Waals surface area (Å²) in [4.78, 5) is 30.4. The van der Waals surface area contributed by atoms with Crippen molar-refractivity contribution in [1.82, 2.24) is 23.1 Å². The predicted molar refractivity (Wildman–Crippen MR) is 99.5 cm³/mol. The Bertz CT molecular complexity index is 1080. The van der Waals surface area contributed by atoms with E-state index in [4.69, 9.17) is 0 Å². The van der Waals surface area contributed by atoms with Crippen LogP contribution in [0.1, 0.15) is 51.5 Å². The van der Waals surface area contributed by atoms with Crippen molar-refractivity contribution in [3.63, 3.8) is 0 Å². The monoisotopic (exact) mass is 345 g/mol. The smallest absolute Gasteiger partial charge is 0.311 e. The van der Waals surface area contributed by atoms with Gasteiger partial charge in [0.25, 0.3) is 5.56 Å². The number of nitrogens with zero attached hydrogens (tertiary/aromatic N) is 5. The van der Waals surface area contributed by atoms with Gasteiger partial charge in [-0.15, -0.1) is 0 Å². The second-order valence-corrected chi connectivity index (χ2v) is 7.37. The molecule has 25 heavy (non-hydrogen) atoms. The van der Waals surface area contributed by atoms with E-state index in [2.05, 4.69) is 30.3 Å². The molecule has 0 aliphatic heterocycles. The lowest BCUT2D eigenvalue weighted by molar-refractivity contribution is 0.484. The minimum atomic E-state index is -0.309. The lowest BCUT2D eigenvalue weighted by Gasteiger charge is -2.13. The van der Waals surface area contributed by atoms with Gasteiger partial charge >= 0.3 is 5.69 Å². The van der Waals surface area contributed by atoms with Crippen molar-refractivity contribution in [2.75, 3.05) is 0 Å². The molecule has 3 aromatic heterocycles. The first kappa shape index (κ1) is 17.5. The summed E-state index contributed by atoms with van der Waals surface area (Å²) < 4.78 is 6.89. The minimum absolute atomic E-state index is 0.207. The Morgan fingerprint density at radius 3 is 2.28 bits per heavy atom. The quantitative estimate of drug-likeness (QED) is 0.729. The number of fused-ring (bicyclic) bond motifs is 3. The van der Waals surface area contributed by atoms with Gasteiger partial charge in [0.2, 0.25) is 5.78 Å². The number of hydrogen-bond acceptors (Lipinski definition) is 3. The zero-order valence-corrected chi connectivity index (χ0v) is 16.1. The molecule has 0 saturated carbocycles. The Balaban J connectivity index is 2.53. The summed E-state index contributed by atoms with van der Waals surface area (Å²) in [6, 6.07) is 0.267. The Hall–Kier alpha value is -2.31. The van der Waals surface area contributed by atoms with Gasteiger partial charge in [-0.1, -0.05) is 20.8 Å². The fourth-order valence-electron chi connectivity index (χ4n) is 3.51. The fraction of sp³-hybridized carbons (Fsp3) is 0.611. The summed E-state index contributed by atoms with van der Waals surface area (Å²) in [5.74, 6) is 0.938. The van der Waals surface area contributed by atoms with Crippen molar-refractivity contribution in [2.24, 2.45) is 13.0 Å². The topological polar surface area (TPSA) is 66.2 Å². The molecule has 136 valence electrons. The van der Waals surface area contributed by atoms with Gasteiger partial charge in [0, 0.05) is 31.0 Å². The van der Waals surface area contributed by atoms with Crippen LogP contribution in [0.25, 0.3) is 16.9 Å². The Morgan fingerprint density at radius 1 is 1.08 bits per heavy atom. The molecule has 7 heteroatoms. The second kappa shape index (κ2) is 5.89. The standard InChI is InChI=1S/C18H27N5O2/c1-8-11(4)22-12(5)13(6)23-14-15(19-17(22)23)20(7)18(25)21(16(14)24)9-10(2)3/h10-11H,8-9H2,1-7H3/t11-/m1/s1. The third-order valence-electron chi connectivity index (χ3n) is 5.14.